The second-order valence-electron chi connectivity index (χ2n) is 7.27. The Labute approximate surface area is 148 Å². The second kappa shape index (κ2) is 5.30. The summed E-state index contributed by atoms with van der Waals surface area (Å²) in [6, 6.07) is 1.01. The minimum absolute atomic E-state index is 0.00323. The van der Waals surface area contributed by atoms with Gasteiger partial charge in [0.05, 0.1) is 2.74 Å². The molecule has 0 heterocycles. The summed E-state index contributed by atoms with van der Waals surface area (Å²) in [5.74, 6) is -0.795. The Balaban J connectivity index is 1.75. The summed E-state index contributed by atoms with van der Waals surface area (Å²) in [5, 5.41) is 0. The standard InChI is InChI=1S/C18H22O5S/c1-18-9-8-14-13-5-3-12(23-24(20,21)22)10-11(13)2-4-15(14)16(18)6-7-17(18)19/h3,5,10,14-16H,2,4,6-9H2,1H3,(H,20,21,22)/t14-,15-,16+,18+/m1/s1/i3D,7D2,10D. The summed E-state index contributed by atoms with van der Waals surface area (Å²) in [6.45, 7) is 1.87. The van der Waals surface area contributed by atoms with Gasteiger partial charge in [0.15, 0.2) is 0 Å². The highest BCUT2D eigenvalue weighted by atomic mass is 32.3. The third-order valence-electron chi connectivity index (χ3n) is 6.12. The predicted octanol–water partition coefficient (Wildman–Crippen LogP) is 3.29. The van der Waals surface area contributed by atoms with E-state index in [9.17, 15) is 13.2 Å². The van der Waals surface area contributed by atoms with Gasteiger partial charge in [0.2, 0.25) is 0 Å². The zero-order chi connectivity index (χ0) is 20.6. The number of fused-ring (bicyclic) bond motifs is 5. The molecule has 1 N–H and O–H groups in total. The van der Waals surface area contributed by atoms with Crippen molar-refractivity contribution < 1.29 is 27.4 Å². The molecule has 3 aliphatic rings. The summed E-state index contributed by atoms with van der Waals surface area (Å²) < 4.78 is 68.1. The first-order valence-corrected chi connectivity index (χ1v) is 9.56. The molecule has 5 nitrogen and oxygen atoms in total. The summed E-state index contributed by atoms with van der Waals surface area (Å²) in [7, 11) is -4.83. The van der Waals surface area contributed by atoms with Gasteiger partial charge in [-0.1, -0.05) is 13.0 Å². The van der Waals surface area contributed by atoms with Gasteiger partial charge in [-0.2, -0.15) is 8.42 Å². The molecule has 1 aromatic carbocycles. The van der Waals surface area contributed by atoms with Gasteiger partial charge in [0, 0.05) is 14.5 Å². The fourth-order valence-corrected chi connectivity index (χ4v) is 5.23. The van der Waals surface area contributed by atoms with Crippen LogP contribution in [0.3, 0.4) is 0 Å². The monoisotopic (exact) mass is 354 g/mol. The van der Waals surface area contributed by atoms with Crippen LogP contribution in [-0.2, 0) is 21.6 Å². The van der Waals surface area contributed by atoms with Crippen molar-refractivity contribution in [2.75, 3.05) is 0 Å². The average molecular weight is 354 g/mol. The first-order chi connectivity index (χ1) is 12.8. The molecule has 130 valence electrons. The first kappa shape index (κ1) is 12.0. The Morgan fingerprint density at radius 1 is 1.42 bits per heavy atom. The molecule has 3 aliphatic carbocycles. The Bertz CT molecular complexity index is 977. The molecule has 0 aromatic heterocycles. The van der Waals surface area contributed by atoms with Crippen molar-refractivity contribution in [1.29, 1.82) is 0 Å². The van der Waals surface area contributed by atoms with Crippen LogP contribution in [0.15, 0.2) is 18.2 Å². The molecular weight excluding hydrogens is 328 g/mol. The lowest BCUT2D eigenvalue weighted by Gasteiger charge is -2.48. The van der Waals surface area contributed by atoms with Gasteiger partial charge in [-0.05, 0) is 73.1 Å². The molecular formula is C18H22O5S. The van der Waals surface area contributed by atoms with E-state index in [4.69, 9.17) is 10.0 Å². The summed E-state index contributed by atoms with van der Waals surface area (Å²) in [5.41, 5.74) is 0.715. The molecule has 1 aromatic rings. The van der Waals surface area contributed by atoms with Crippen molar-refractivity contribution in [3.8, 4) is 5.75 Å². The topological polar surface area (TPSA) is 80.7 Å². The number of rotatable bonds is 2. The number of carbonyl (C=O) groups excluding carboxylic acids is 1. The zero-order valence-electron chi connectivity index (χ0n) is 17.3. The lowest BCUT2D eigenvalue weighted by atomic mass is 9.55. The highest BCUT2D eigenvalue weighted by Crippen LogP contribution is 2.59. The van der Waals surface area contributed by atoms with Crippen LogP contribution in [0.2, 0.25) is 0 Å². The van der Waals surface area contributed by atoms with Crippen LogP contribution in [0.25, 0.3) is 0 Å². The second-order valence-corrected chi connectivity index (χ2v) is 8.29. The molecule has 0 spiro atoms. The lowest BCUT2D eigenvalue weighted by Crippen LogP contribution is -2.42. The number of hydrogen-bond donors (Lipinski definition) is 1. The molecule has 0 saturated heterocycles. The van der Waals surface area contributed by atoms with E-state index in [2.05, 4.69) is 4.18 Å². The Kier molecular flexibility index (Phi) is 2.66. The minimum atomic E-state index is -4.83. The number of benzene rings is 1. The molecule has 4 rings (SSSR count). The van der Waals surface area contributed by atoms with Gasteiger partial charge in [0.1, 0.15) is 11.5 Å². The molecule has 2 fully saturated rings. The highest BCUT2D eigenvalue weighted by Gasteiger charge is 2.54. The van der Waals surface area contributed by atoms with Crippen molar-refractivity contribution in [2.24, 2.45) is 17.3 Å². The molecule has 0 unspecified atom stereocenters. The first-order valence-electron chi connectivity index (χ1n) is 10.2. The molecule has 6 heteroatoms. The number of carbonyl (C=O) groups is 1. The highest BCUT2D eigenvalue weighted by molar-refractivity contribution is 7.81. The fraction of sp³-hybridized carbons (Fsp3) is 0.611. The van der Waals surface area contributed by atoms with Crippen LogP contribution in [0.1, 0.15) is 61.5 Å². The van der Waals surface area contributed by atoms with Crippen molar-refractivity contribution >= 4 is 16.2 Å². The smallest absolute Gasteiger partial charge is 0.362 e. The summed E-state index contributed by atoms with van der Waals surface area (Å²) >= 11 is 0. The Hall–Kier alpha value is -1.40. The third-order valence-corrected chi connectivity index (χ3v) is 6.49. The maximum Gasteiger partial charge on any atom is 0.446 e. The third kappa shape index (κ3) is 2.47. The lowest BCUT2D eigenvalue weighted by molar-refractivity contribution is -0.129. The van der Waals surface area contributed by atoms with Crippen LogP contribution in [0.5, 0.6) is 5.75 Å². The van der Waals surface area contributed by atoms with Crippen LogP contribution in [0.4, 0.5) is 0 Å². The number of Topliss-reactive ketones (excluding diaryl/α,β-unsaturated/α-hetero) is 1. The van der Waals surface area contributed by atoms with E-state index in [0.29, 0.717) is 31.2 Å². The van der Waals surface area contributed by atoms with Gasteiger partial charge in [-0.3, -0.25) is 9.35 Å². The van der Waals surface area contributed by atoms with Crippen molar-refractivity contribution in [2.45, 2.75) is 51.3 Å². The predicted molar refractivity (Wildman–Crippen MR) is 88.2 cm³/mol. The summed E-state index contributed by atoms with van der Waals surface area (Å²) in [4.78, 5) is 12.7. The van der Waals surface area contributed by atoms with Gasteiger partial charge in [0.25, 0.3) is 0 Å². The van der Waals surface area contributed by atoms with E-state index >= 15 is 0 Å². The van der Waals surface area contributed by atoms with Crippen LogP contribution >= 0.6 is 0 Å². The van der Waals surface area contributed by atoms with Gasteiger partial charge in [-0.15, -0.1) is 0 Å². The molecule has 0 aliphatic heterocycles. The fourth-order valence-electron chi connectivity index (χ4n) is 4.93. The molecule has 0 radical (unpaired) electrons. The Morgan fingerprint density at radius 2 is 2.21 bits per heavy atom. The van der Waals surface area contributed by atoms with E-state index < -0.39 is 27.9 Å². The zero-order valence-corrected chi connectivity index (χ0v) is 14.1. The van der Waals surface area contributed by atoms with Gasteiger partial charge < -0.3 is 4.18 Å². The average Bonchev–Trinajstić information content (AvgIpc) is 2.77. The molecule has 2 saturated carbocycles. The maximum absolute atomic E-state index is 12.7. The van der Waals surface area contributed by atoms with E-state index in [1.165, 1.54) is 6.07 Å². The van der Waals surface area contributed by atoms with E-state index in [-0.39, 0.29) is 42.0 Å². The molecule has 0 bridgehead atoms. The maximum atomic E-state index is 12.7. The minimum Gasteiger partial charge on any atom is -0.362 e. The number of ketones is 1. The van der Waals surface area contributed by atoms with Gasteiger partial charge in [-0.25, -0.2) is 0 Å². The summed E-state index contributed by atoms with van der Waals surface area (Å²) in [6.07, 6.45) is 0.717. The van der Waals surface area contributed by atoms with E-state index in [1.54, 1.807) is 0 Å². The SMILES string of the molecule is [2H]c1cc2c(c([2H])c1OS(=O)(=O)O)CC[C@@H]1[C@@H]2CC[C@]2(C)C(=O)C([2H])([2H])C[C@@H]12. The van der Waals surface area contributed by atoms with Crippen LogP contribution in [-0.4, -0.2) is 18.8 Å². The van der Waals surface area contributed by atoms with Gasteiger partial charge >= 0.3 is 10.4 Å². The molecule has 0 amide bonds. The van der Waals surface area contributed by atoms with Crippen molar-refractivity contribution in [1.82, 2.24) is 0 Å². The normalized spacial score (nSPS) is 39.6. The quantitative estimate of drug-likeness (QED) is 0.824. The molecule has 24 heavy (non-hydrogen) atoms. The van der Waals surface area contributed by atoms with Crippen LogP contribution in [0, 0.1) is 17.3 Å². The van der Waals surface area contributed by atoms with E-state index in [1.807, 2.05) is 6.92 Å². The number of hydrogen-bond acceptors (Lipinski definition) is 4. The van der Waals surface area contributed by atoms with Crippen molar-refractivity contribution in [3.63, 3.8) is 0 Å². The van der Waals surface area contributed by atoms with Crippen LogP contribution < -0.4 is 4.18 Å². The Morgan fingerprint density at radius 3 is 2.96 bits per heavy atom. The molecule has 4 atom stereocenters. The van der Waals surface area contributed by atoms with Crippen molar-refractivity contribution in [3.05, 3.63) is 29.3 Å². The largest absolute Gasteiger partial charge is 0.446 e. The van der Waals surface area contributed by atoms with E-state index in [0.717, 1.165) is 5.56 Å².